The predicted octanol–water partition coefficient (Wildman–Crippen LogP) is 4.28. The Bertz CT molecular complexity index is 1720. The summed E-state index contributed by atoms with van der Waals surface area (Å²) in [5, 5.41) is 0.505. The summed E-state index contributed by atoms with van der Waals surface area (Å²) in [5.74, 6) is 2.09. The number of hydrogen-bond acceptors (Lipinski definition) is 8. The van der Waals surface area contributed by atoms with Crippen LogP contribution in [0.5, 0.6) is 5.75 Å². The number of likely N-dealkylation sites (N-methyl/N-ethyl adjacent to an activating group) is 1. The minimum absolute atomic E-state index is 0.00921. The molecule has 3 aromatic rings. The number of fused-ring (bicyclic) bond motifs is 1. The zero-order valence-electron chi connectivity index (χ0n) is 28.5. The van der Waals surface area contributed by atoms with Crippen molar-refractivity contribution in [3.8, 4) is 11.4 Å². The van der Waals surface area contributed by atoms with Crippen molar-refractivity contribution in [2.24, 2.45) is 5.92 Å². The number of aromatic nitrogens is 2. The van der Waals surface area contributed by atoms with Crippen LogP contribution in [0.25, 0.3) is 16.6 Å². The van der Waals surface area contributed by atoms with Crippen LogP contribution in [0.3, 0.4) is 0 Å². The van der Waals surface area contributed by atoms with Gasteiger partial charge in [0.2, 0.25) is 0 Å². The van der Waals surface area contributed by atoms with E-state index in [0.717, 1.165) is 38.3 Å². The first kappa shape index (κ1) is 34.2. The van der Waals surface area contributed by atoms with Crippen molar-refractivity contribution < 1.29 is 14.3 Å². The third-order valence-electron chi connectivity index (χ3n) is 9.30. The second-order valence-electron chi connectivity index (χ2n) is 13.4. The molecule has 1 aliphatic carbocycles. The smallest absolute Gasteiger partial charge is 0.266 e. The second kappa shape index (κ2) is 15.2. The van der Waals surface area contributed by atoms with Crippen molar-refractivity contribution in [3.05, 3.63) is 88.2 Å². The Morgan fingerprint density at radius 1 is 0.979 bits per heavy atom. The Morgan fingerprint density at radius 3 is 2.42 bits per heavy atom. The summed E-state index contributed by atoms with van der Waals surface area (Å²) >= 11 is 6.25. The molecule has 6 rings (SSSR count). The number of allylic oxidation sites excluding steroid dienone is 3. The molecule has 2 atom stereocenters. The van der Waals surface area contributed by atoms with Crippen LogP contribution in [0.1, 0.15) is 32.2 Å². The number of carbonyl (C=O) groups is 1. The molecule has 256 valence electrons. The lowest BCUT2D eigenvalue weighted by molar-refractivity contribution is -0.136. The Balaban J connectivity index is 1.23. The standard InChI is InChI=1S/C37H47ClN6O4/c1-26(2)48-34-12-9-28(23-41-15-13-40(4)14-16-41)22-33(34)44-35(39-32-8-6-5-7-30(32)37(44)46)24-42-17-19-43(20-18-42)36(45)25-47-29-10-11-31(38)27(3)21-29/h5-12,21-22,26-27,31H,13-20,23-25H2,1-4H3. The van der Waals surface area contributed by atoms with E-state index in [-0.39, 0.29) is 35.5 Å². The molecule has 0 N–H and O–H groups in total. The van der Waals surface area contributed by atoms with Crippen molar-refractivity contribution >= 4 is 28.4 Å². The number of alkyl halides is 1. The van der Waals surface area contributed by atoms with Crippen molar-refractivity contribution in [2.75, 3.05) is 66.0 Å². The van der Waals surface area contributed by atoms with Gasteiger partial charge < -0.3 is 19.3 Å². The second-order valence-corrected chi connectivity index (χ2v) is 13.9. The Labute approximate surface area is 288 Å². The molecule has 3 heterocycles. The van der Waals surface area contributed by atoms with Gasteiger partial charge in [-0.25, -0.2) is 4.98 Å². The van der Waals surface area contributed by atoms with Gasteiger partial charge in [-0.2, -0.15) is 0 Å². The first-order valence-electron chi connectivity index (χ1n) is 17.0. The topological polar surface area (TPSA) is 83.4 Å². The molecular formula is C37H47ClN6O4. The van der Waals surface area contributed by atoms with Crippen molar-refractivity contribution in [1.29, 1.82) is 0 Å². The molecular weight excluding hydrogens is 628 g/mol. The predicted molar refractivity (Wildman–Crippen MR) is 190 cm³/mol. The van der Waals surface area contributed by atoms with Gasteiger partial charge in [0.25, 0.3) is 11.5 Å². The lowest BCUT2D eigenvalue weighted by Crippen LogP contribution is -2.49. The minimum atomic E-state index is -0.118. The molecule has 2 aromatic carbocycles. The van der Waals surface area contributed by atoms with E-state index < -0.39 is 0 Å². The summed E-state index contributed by atoms with van der Waals surface area (Å²) in [6, 6.07) is 13.7. The lowest BCUT2D eigenvalue weighted by atomic mass is 10.0. The Hall–Kier alpha value is -3.70. The maximum Gasteiger partial charge on any atom is 0.266 e. The minimum Gasteiger partial charge on any atom is -0.489 e. The lowest BCUT2D eigenvalue weighted by Gasteiger charge is -2.35. The number of benzene rings is 2. The number of para-hydroxylation sites is 1. The largest absolute Gasteiger partial charge is 0.489 e. The molecule has 11 heteroatoms. The molecule has 2 unspecified atom stereocenters. The molecule has 10 nitrogen and oxygen atoms in total. The van der Waals surface area contributed by atoms with Crippen LogP contribution < -0.4 is 10.3 Å². The van der Waals surface area contributed by atoms with Gasteiger partial charge in [-0.05, 0) is 68.8 Å². The van der Waals surface area contributed by atoms with Crippen LogP contribution >= 0.6 is 11.6 Å². The SMILES string of the molecule is CC(C)Oc1ccc(CN2CCN(C)CC2)cc1-n1c(CN2CCN(C(=O)COC3=CC(C)C(Cl)C=C3)CC2)nc2ccccc2c1=O. The first-order chi connectivity index (χ1) is 23.1. The van der Waals surface area contributed by atoms with E-state index >= 15 is 0 Å². The number of carbonyl (C=O) groups excluding carboxylic acids is 1. The summed E-state index contributed by atoms with van der Waals surface area (Å²) in [4.78, 5) is 41.3. The van der Waals surface area contributed by atoms with Gasteiger partial charge in [0, 0.05) is 58.9 Å². The number of rotatable bonds is 10. The average Bonchev–Trinajstić information content (AvgIpc) is 3.07. The number of piperazine rings is 2. The monoisotopic (exact) mass is 674 g/mol. The molecule has 0 saturated carbocycles. The fourth-order valence-corrected chi connectivity index (χ4v) is 6.59. The fraction of sp³-hybridized carbons (Fsp3) is 0.486. The summed E-state index contributed by atoms with van der Waals surface area (Å²) in [6.45, 7) is 13.8. The van der Waals surface area contributed by atoms with Gasteiger partial charge >= 0.3 is 0 Å². The highest BCUT2D eigenvalue weighted by atomic mass is 35.5. The number of halogens is 1. The molecule has 1 amide bonds. The van der Waals surface area contributed by atoms with E-state index in [1.54, 1.807) is 4.57 Å². The summed E-state index contributed by atoms with van der Waals surface area (Å²) in [7, 11) is 2.16. The van der Waals surface area contributed by atoms with Crippen LogP contribution in [0.4, 0.5) is 0 Å². The maximum absolute atomic E-state index is 14.3. The van der Waals surface area contributed by atoms with Crippen molar-refractivity contribution in [1.82, 2.24) is 29.2 Å². The van der Waals surface area contributed by atoms with Crippen LogP contribution in [0.2, 0.25) is 0 Å². The first-order valence-corrected chi connectivity index (χ1v) is 17.5. The van der Waals surface area contributed by atoms with Crippen LogP contribution in [-0.2, 0) is 22.6 Å². The number of nitrogens with zero attached hydrogens (tertiary/aromatic N) is 6. The van der Waals surface area contributed by atoms with E-state index in [9.17, 15) is 9.59 Å². The highest BCUT2D eigenvalue weighted by Gasteiger charge is 2.25. The van der Waals surface area contributed by atoms with Crippen LogP contribution in [0.15, 0.2) is 71.2 Å². The van der Waals surface area contributed by atoms with Crippen molar-refractivity contribution in [3.63, 3.8) is 0 Å². The highest BCUT2D eigenvalue weighted by molar-refractivity contribution is 6.22. The van der Waals surface area contributed by atoms with Gasteiger partial charge in [0.05, 0.1) is 34.6 Å². The normalized spacial score (nSPS) is 21.1. The number of hydrogen-bond donors (Lipinski definition) is 0. The third kappa shape index (κ3) is 8.11. The summed E-state index contributed by atoms with van der Waals surface area (Å²) in [5.41, 5.74) is 2.39. The molecule has 2 aliphatic heterocycles. The molecule has 48 heavy (non-hydrogen) atoms. The van der Waals surface area contributed by atoms with Gasteiger partial charge in [0.15, 0.2) is 6.61 Å². The zero-order chi connectivity index (χ0) is 33.8. The third-order valence-corrected chi connectivity index (χ3v) is 9.84. The average molecular weight is 675 g/mol. The summed E-state index contributed by atoms with van der Waals surface area (Å²) in [6.07, 6.45) is 5.62. The van der Waals surface area contributed by atoms with Crippen LogP contribution in [-0.4, -0.2) is 113 Å². The van der Waals surface area contributed by atoms with E-state index in [2.05, 4.69) is 33.9 Å². The van der Waals surface area contributed by atoms with Crippen LogP contribution in [0, 0.1) is 5.92 Å². The van der Waals surface area contributed by atoms with E-state index in [1.807, 2.05) is 74.2 Å². The van der Waals surface area contributed by atoms with Gasteiger partial charge in [0.1, 0.15) is 17.3 Å². The number of amides is 1. The maximum atomic E-state index is 14.3. The quantitative estimate of drug-likeness (QED) is 0.295. The molecule has 0 spiro atoms. The van der Waals surface area contributed by atoms with E-state index in [0.29, 0.717) is 66.6 Å². The summed E-state index contributed by atoms with van der Waals surface area (Å²) < 4.78 is 13.8. The molecule has 0 radical (unpaired) electrons. The van der Waals surface area contributed by atoms with Gasteiger partial charge in [-0.3, -0.25) is 24.0 Å². The molecule has 1 aromatic heterocycles. The number of ether oxygens (including phenoxy) is 2. The Kier molecular flexibility index (Phi) is 10.9. The molecule has 2 fully saturated rings. The highest BCUT2D eigenvalue weighted by Crippen LogP contribution is 2.28. The molecule has 3 aliphatic rings. The van der Waals surface area contributed by atoms with Gasteiger partial charge in [-0.15, -0.1) is 11.6 Å². The van der Waals surface area contributed by atoms with Gasteiger partial charge in [-0.1, -0.05) is 31.2 Å². The molecule has 0 bridgehead atoms. The van der Waals surface area contributed by atoms with E-state index in [1.165, 1.54) is 0 Å². The Morgan fingerprint density at radius 2 is 1.69 bits per heavy atom. The fourth-order valence-electron chi connectivity index (χ4n) is 6.44. The zero-order valence-corrected chi connectivity index (χ0v) is 29.2. The van der Waals surface area contributed by atoms with E-state index in [4.69, 9.17) is 26.1 Å². The molecule has 2 saturated heterocycles. The van der Waals surface area contributed by atoms with Crippen molar-refractivity contribution in [2.45, 2.75) is 45.3 Å².